The van der Waals surface area contributed by atoms with Gasteiger partial charge >= 0.3 is 5.97 Å². The fourth-order valence-electron chi connectivity index (χ4n) is 3.60. The van der Waals surface area contributed by atoms with Gasteiger partial charge in [0.15, 0.2) is 0 Å². The topological polar surface area (TPSA) is 102 Å². The molecule has 2 aliphatic heterocycles. The first-order valence-corrected chi connectivity index (χ1v) is 9.64. The van der Waals surface area contributed by atoms with Crippen LogP contribution < -0.4 is 10.1 Å². The second kappa shape index (κ2) is 8.08. The maximum absolute atomic E-state index is 12.7. The highest BCUT2D eigenvalue weighted by Crippen LogP contribution is 2.28. The number of benzene rings is 2. The zero-order valence-electron chi connectivity index (χ0n) is 16.3. The number of fused-ring (bicyclic) bond motifs is 1. The SMILES string of the molecule is CC(=O)Oc1cccc(C(=O)Nc2ccc3c(c2)C(=O)N(C[C@H]2CCCO2)C3=O)c1. The largest absolute Gasteiger partial charge is 0.427 e. The van der Waals surface area contributed by atoms with Crippen LogP contribution in [0.4, 0.5) is 5.69 Å². The van der Waals surface area contributed by atoms with E-state index in [1.54, 1.807) is 24.3 Å². The monoisotopic (exact) mass is 408 g/mol. The Morgan fingerprint density at radius 1 is 1.13 bits per heavy atom. The molecule has 154 valence electrons. The van der Waals surface area contributed by atoms with Gasteiger partial charge < -0.3 is 14.8 Å². The van der Waals surface area contributed by atoms with Crippen molar-refractivity contribution in [2.24, 2.45) is 0 Å². The molecule has 0 aliphatic carbocycles. The van der Waals surface area contributed by atoms with Gasteiger partial charge in [0.25, 0.3) is 17.7 Å². The summed E-state index contributed by atoms with van der Waals surface area (Å²) < 4.78 is 10.5. The summed E-state index contributed by atoms with van der Waals surface area (Å²) in [6, 6.07) is 10.8. The van der Waals surface area contributed by atoms with E-state index in [-0.39, 0.29) is 35.4 Å². The summed E-state index contributed by atoms with van der Waals surface area (Å²) in [5.74, 6) is -1.40. The van der Waals surface area contributed by atoms with E-state index in [0.717, 1.165) is 12.8 Å². The lowest BCUT2D eigenvalue weighted by atomic mass is 10.1. The number of imide groups is 1. The number of esters is 1. The molecule has 2 aromatic rings. The Bertz CT molecular complexity index is 1040. The fraction of sp³-hybridized carbons (Fsp3) is 0.273. The summed E-state index contributed by atoms with van der Waals surface area (Å²) in [4.78, 5) is 50.2. The van der Waals surface area contributed by atoms with Gasteiger partial charge in [0.05, 0.1) is 23.8 Å². The van der Waals surface area contributed by atoms with Crippen LogP contribution in [0.25, 0.3) is 0 Å². The molecule has 2 aromatic carbocycles. The number of carbonyl (C=O) groups is 4. The molecular formula is C22H20N2O6. The van der Waals surface area contributed by atoms with Gasteiger partial charge in [-0.2, -0.15) is 0 Å². The van der Waals surface area contributed by atoms with Crippen molar-refractivity contribution in [3.63, 3.8) is 0 Å². The number of nitrogens with one attached hydrogen (secondary N) is 1. The van der Waals surface area contributed by atoms with Crippen molar-refractivity contribution in [2.45, 2.75) is 25.9 Å². The number of hydrogen-bond acceptors (Lipinski definition) is 6. The van der Waals surface area contributed by atoms with Crippen molar-refractivity contribution >= 4 is 29.4 Å². The van der Waals surface area contributed by atoms with Crippen LogP contribution in [0, 0.1) is 0 Å². The Kier molecular flexibility index (Phi) is 5.33. The van der Waals surface area contributed by atoms with Crippen molar-refractivity contribution in [3.8, 4) is 5.75 Å². The van der Waals surface area contributed by atoms with Gasteiger partial charge in [-0.15, -0.1) is 0 Å². The van der Waals surface area contributed by atoms with Crippen molar-refractivity contribution in [1.29, 1.82) is 0 Å². The molecule has 0 saturated carbocycles. The maximum Gasteiger partial charge on any atom is 0.308 e. The number of nitrogens with zero attached hydrogens (tertiary/aromatic N) is 1. The van der Waals surface area contributed by atoms with Crippen molar-refractivity contribution in [3.05, 3.63) is 59.2 Å². The highest BCUT2D eigenvalue weighted by Gasteiger charge is 2.37. The van der Waals surface area contributed by atoms with E-state index >= 15 is 0 Å². The number of rotatable bonds is 5. The van der Waals surface area contributed by atoms with Crippen LogP contribution in [0.1, 0.15) is 50.8 Å². The van der Waals surface area contributed by atoms with Gasteiger partial charge in [-0.3, -0.25) is 24.1 Å². The third-order valence-electron chi connectivity index (χ3n) is 5.00. The zero-order chi connectivity index (χ0) is 21.3. The van der Waals surface area contributed by atoms with Gasteiger partial charge in [-0.1, -0.05) is 6.07 Å². The van der Waals surface area contributed by atoms with Crippen molar-refractivity contribution in [2.75, 3.05) is 18.5 Å². The third-order valence-corrected chi connectivity index (χ3v) is 5.00. The minimum atomic E-state index is -0.484. The minimum absolute atomic E-state index is 0.129. The van der Waals surface area contributed by atoms with Crippen LogP contribution in [-0.2, 0) is 9.53 Å². The normalized spacial score (nSPS) is 17.8. The maximum atomic E-state index is 12.7. The molecule has 0 spiro atoms. The predicted octanol–water partition coefficient (Wildman–Crippen LogP) is 2.64. The molecule has 1 fully saturated rings. The molecule has 2 aliphatic rings. The first kappa shape index (κ1) is 19.8. The van der Waals surface area contributed by atoms with E-state index < -0.39 is 17.8 Å². The van der Waals surface area contributed by atoms with Crippen LogP contribution in [0.5, 0.6) is 5.75 Å². The average Bonchev–Trinajstić information content (AvgIpc) is 3.31. The highest BCUT2D eigenvalue weighted by atomic mass is 16.5. The predicted molar refractivity (Wildman–Crippen MR) is 106 cm³/mol. The van der Waals surface area contributed by atoms with E-state index in [1.165, 1.54) is 30.0 Å². The average molecular weight is 408 g/mol. The summed E-state index contributed by atoms with van der Waals surface area (Å²) in [7, 11) is 0. The minimum Gasteiger partial charge on any atom is -0.427 e. The van der Waals surface area contributed by atoms with Crippen molar-refractivity contribution in [1.82, 2.24) is 4.90 Å². The van der Waals surface area contributed by atoms with Crippen LogP contribution >= 0.6 is 0 Å². The number of hydrogen-bond donors (Lipinski definition) is 1. The quantitative estimate of drug-likeness (QED) is 0.464. The molecule has 0 bridgehead atoms. The first-order valence-electron chi connectivity index (χ1n) is 9.64. The molecule has 1 atom stereocenters. The van der Waals surface area contributed by atoms with Crippen LogP contribution in [0.15, 0.2) is 42.5 Å². The Morgan fingerprint density at radius 2 is 1.93 bits per heavy atom. The molecular weight excluding hydrogens is 388 g/mol. The molecule has 1 saturated heterocycles. The summed E-state index contributed by atoms with van der Waals surface area (Å²) in [5, 5.41) is 2.71. The summed E-state index contributed by atoms with van der Waals surface area (Å²) in [6.07, 6.45) is 1.61. The Morgan fingerprint density at radius 3 is 2.67 bits per heavy atom. The van der Waals surface area contributed by atoms with E-state index in [4.69, 9.17) is 9.47 Å². The fourth-order valence-corrected chi connectivity index (χ4v) is 3.60. The van der Waals surface area contributed by atoms with Gasteiger partial charge in [0.1, 0.15) is 5.75 Å². The standard InChI is InChI=1S/C22H20N2O6/c1-13(25)30-16-5-2-4-14(10-16)20(26)23-15-7-8-18-19(11-15)22(28)24(21(18)27)12-17-6-3-9-29-17/h2,4-5,7-8,10-11,17H,3,6,9,12H2,1H3,(H,23,26)/t17-/m1/s1. The zero-order valence-corrected chi connectivity index (χ0v) is 16.3. The number of ether oxygens (including phenoxy) is 2. The Balaban J connectivity index is 1.49. The molecule has 8 heteroatoms. The molecule has 8 nitrogen and oxygen atoms in total. The van der Waals surface area contributed by atoms with E-state index in [9.17, 15) is 19.2 Å². The number of carbonyl (C=O) groups excluding carboxylic acids is 4. The lowest BCUT2D eigenvalue weighted by Crippen LogP contribution is -2.36. The molecule has 4 rings (SSSR count). The molecule has 2 heterocycles. The Labute approximate surface area is 172 Å². The third kappa shape index (κ3) is 3.95. The second-order valence-electron chi connectivity index (χ2n) is 7.19. The van der Waals surface area contributed by atoms with Crippen LogP contribution in [0.3, 0.4) is 0 Å². The van der Waals surface area contributed by atoms with Gasteiger partial charge in [0.2, 0.25) is 0 Å². The lowest BCUT2D eigenvalue weighted by molar-refractivity contribution is -0.131. The second-order valence-corrected chi connectivity index (χ2v) is 7.19. The van der Waals surface area contributed by atoms with Crippen molar-refractivity contribution < 1.29 is 28.7 Å². The molecule has 3 amide bonds. The van der Waals surface area contributed by atoms with Gasteiger partial charge in [-0.05, 0) is 49.2 Å². The van der Waals surface area contributed by atoms with E-state index in [0.29, 0.717) is 17.9 Å². The number of anilines is 1. The number of amides is 3. The first-order chi connectivity index (χ1) is 14.4. The molecule has 1 N–H and O–H groups in total. The smallest absolute Gasteiger partial charge is 0.308 e. The molecule has 0 aromatic heterocycles. The lowest BCUT2D eigenvalue weighted by Gasteiger charge is -2.17. The molecule has 0 unspecified atom stereocenters. The molecule has 30 heavy (non-hydrogen) atoms. The van der Waals surface area contributed by atoms with E-state index in [1.807, 2.05) is 0 Å². The molecule has 0 radical (unpaired) electrons. The van der Waals surface area contributed by atoms with Gasteiger partial charge in [-0.25, -0.2) is 0 Å². The van der Waals surface area contributed by atoms with Crippen LogP contribution in [0.2, 0.25) is 0 Å². The van der Waals surface area contributed by atoms with E-state index in [2.05, 4.69) is 5.32 Å². The summed E-state index contributed by atoms with van der Waals surface area (Å²) >= 11 is 0. The summed E-state index contributed by atoms with van der Waals surface area (Å²) in [6.45, 7) is 2.15. The Hall–Kier alpha value is -3.52. The van der Waals surface area contributed by atoms with Gasteiger partial charge in [0, 0.05) is 24.8 Å². The highest BCUT2D eigenvalue weighted by molar-refractivity contribution is 6.22. The van der Waals surface area contributed by atoms with Crippen LogP contribution in [-0.4, -0.2) is 47.8 Å². The summed E-state index contributed by atoms with van der Waals surface area (Å²) in [5.41, 5.74) is 1.24.